The number of rotatable bonds is 6. The van der Waals surface area contributed by atoms with Gasteiger partial charge in [-0.1, -0.05) is 35.4 Å². The van der Waals surface area contributed by atoms with Gasteiger partial charge in [-0.05, 0) is 57.7 Å². The molecule has 0 aliphatic carbocycles. The zero-order chi connectivity index (χ0) is 22.7. The van der Waals surface area contributed by atoms with Gasteiger partial charge in [-0.3, -0.25) is 4.79 Å². The Labute approximate surface area is 181 Å². The Kier molecular flexibility index (Phi) is 6.71. The number of hydrogen-bond acceptors (Lipinski definition) is 6. The number of ether oxygens (including phenoxy) is 1. The summed E-state index contributed by atoms with van der Waals surface area (Å²) in [6.07, 6.45) is 3.64. The molecule has 31 heavy (non-hydrogen) atoms. The molecule has 2 aromatic rings. The largest absolute Gasteiger partial charge is 0.508 e. The molecule has 0 amide bonds. The first kappa shape index (κ1) is 22.4. The first-order valence-electron chi connectivity index (χ1n) is 10.2. The summed E-state index contributed by atoms with van der Waals surface area (Å²) in [5, 5.41) is 40.8. The highest BCUT2D eigenvalue weighted by Crippen LogP contribution is 2.45. The number of Topliss-reactive ketones (excluding diaryl/α,β-unsaturated/α-hetero) is 1. The smallest absolute Gasteiger partial charge is 0.202 e. The average molecular weight is 424 g/mol. The molecule has 0 radical (unpaired) electrons. The second kappa shape index (κ2) is 9.27. The molecule has 6 heteroatoms. The van der Waals surface area contributed by atoms with Gasteiger partial charge in [0.15, 0.2) is 12.2 Å². The highest BCUT2D eigenvalue weighted by molar-refractivity contribution is 6.06. The topological polar surface area (TPSA) is 107 Å². The summed E-state index contributed by atoms with van der Waals surface area (Å²) in [6.45, 7) is 6.10. The number of benzene rings is 2. The molecule has 2 atom stereocenters. The lowest BCUT2D eigenvalue weighted by atomic mass is 9.90. The number of allylic oxidation sites excluding steroid dienone is 4. The predicted molar refractivity (Wildman–Crippen MR) is 118 cm³/mol. The molecule has 0 saturated carbocycles. The Balaban J connectivity index is 1.96. The van der Waals surface area contributed by atoms with Crippen LogP contribution in [0.15, 0.2) is 53.6 Å². The zero-order valence-corrected chi connectivity index (χ0v) is 17.9. The summed E-state index contributed by atoms with van der Waals surface area (Å²) in [5.41, 5.74) is 3.11. The molecule has 0 aromatic heterocycles. The minimum absolute atomic E-state index is 0.0467. The third kappa shape index (κ3) is 4.91. The number of phenolic OH excluding ortho intramolecular Hbond substituents is 3. The highest BCUT2D eigenvalue weighted by atomic mass is 16.5. The minimum atomic E-state index is -1.53. The molecule has 0 fully saturated rings. The van der Waals surface area contributed by atoms with Crippen LogP contribution in [0, 0.1) is 0 Å². The van der Waals surface area contributed by atoms with Crippen molar-refractivity contribution in [2.75, 3.05) is 0 Å². The van der Waals surface area contributed by atoms with Gasteiger partial charge >= 0.3 is 0 Å². The van der Waals surface area contributed by atoms with E-state index < -0.39 is 23.7 Å². The molecule has 164 valence electrons. The first-order valence-corrected chi connectivity index (χ1v) is 10.2. The molecular formula is C25H28O6. The standard InChI is InChI=1S/C25H28O6/c1-14(2)5-4-6-15(3)7-12-18-19(27)13-20(28)21-22(29)23(30)24(31-25(18)21)16-8-10-17(26)11-9-16/h5,7-11,13,23-24,26-28,30H,4,6,12H2,1-3H3/b15-7+/t23-,24+/m0/s1. The molecule has 2 aromatic carbocycles. The van der Waals surface area contributed by atoms with Crippen LogP contribution in [0.3, 0.4) is 0 Å². The van der Waals surface area contributed by atoms with Crippen molar-refractivity contribution in [1.29, 1.82) is 0 Å². The maximum Gasteiger partial charge on any atom is 0.202 e. The summed E-state index contributed by atoms with van der Waals surface area (Å²) < 4.78 is 5.97. The van der Waals surface area contributed by atoms with Crippen LogP contribution in [0.4, 0.5) is 0 Å². The van der Waals surface area contributed by atoms with Crippen LogP contribution < -0.4 is 4.74 Å². The molecule has 3 rings (SSSR count). The summed E-state index contributed by atoms with van der Waals surface area (Å²) in [5.74, 6) is -1.18. The van der Waals surface area contributed by atoms with E-state index in [0.717, 1.165) is 24.5 Å². The van der Waals surface area contributed by atoms with Gasteiger partial charge < -0.3 is 25.2 Å². The van der Waals surface area contributed by atoms with E-state index >= 15 is 0 Å². The van der Waals surface area contributed by atoms with Gasteiger partial charge in [0.05, 0.1) is 0 Å². The number of fused-ring (bicyclic) bond motifs is 1. The van der Waals surface area contributed by atoms with Gasteiger partial charge in [0, 0.05) is 11.6 Å². The Bertz CT molecular complexity index is 1030. The average Bonchev–Trinajstić information content (AvgIpc) is 2.70. The third-order valence-electron chi connectivity index (χ3n) is 5.35. The Hall–Kier alpha value is -3.25. The summed E-state index contributed by atoms with van der Waals surface area (Å²) in [6, 6.07) is 7.08. The predicted octanol–water partition coefficient (Wildman–Crippen LogP) is 4.72. The lowest BCUT2D eigenvalue weighted by Crippen LogP contribution is -2.36. The van der Waals surface area contributed by atoms with E-state index in [2.05, 4.69) is 6.08 Å². The Morgan fingerprint density at radius 2 is 1.71 bits per heavy atom. The number of hydrogen-bond donors (Lipinski definition) is 4. The lowest BCUT2D eigenvalue weighted by Gasteiger charge is -2.31. The number of aliphatic hydroxyl groups is 1. The van der Waals surface area contributed by atoms with Crippen molar-refractivity contribution in [3.63, 3.8) is 0 Å². The fourth-order valence-electron chi connectivity index (χ4n) is 3.60. The quantitative estimate of drug-likeness (QED) is 0.500. The molecule has 6 nitrogen and oxygen atoms in total. The van der Waals surface area contributed by atoms with E-state index in [1.807, 2.05) is 26.8 Å². The van der Waals surface area contributed by atoms with Crippen molar-refractivity contribution in [3.8, 4) is 23.0 Å². The number of phenols is 3. The van der Waals surface area contributed by atoms with E-state index in [4.69, 9.17) is 4.74 Å². The van der Waals surface area contributed by atoms with E-state index in [0.29, 0.717) is 17.5 Å². The van der Waals surface area contributed by atoms with E-state index in [1.165, 1.54) is 17.7 Å². The van der Waals surface area contributed by atoms with Crippen molar-refractivity contribution in [2.45, 2.75) is 52.2 Å². The zero-order valence-electron chi connectivity index (χ0n) is 17.9. The van der Waals surface area contributed by atoms with Crippen LogP contribution in [-0.4, -0.2) is 32.3 Å². The van der Waals surface area contributed by atoms with Crippen molar-refractivity contribution in [3.05, 3.63) is 70.3 Å². The van der Waals surface area contributed by atoms with Gasteiger partial charge in [-0.25, -0.2) is 0 Å². The van der Waals surface area contributed by atoms with E-state index in [-0.39, 0.29) is 22.8 Å². The molecule has 0 spiro atoms. The van der Waals surface area contributed by atoms with Crippen LogP contribution in [0.25, 0.3) is 0 Å². The van der Waals surface area contributed by atoms with Crippen LogP contribution in [0.2, 0.25) is 0 Å². The maximum absolute atomic E-state index is 12.9. The number of carbonyl (C=O) groups is 1. The summed E-state index contributed by atoms with van der Waals surface area (Å²) in [7, 11) is 0. The lowest BCUT2D eigenvalue weighted by molar-refractivity contribution is 0.0206. The Morgan fingerprint density at radius 3 is 2.35 bits per heavy atom. The molecule has 0 saturated heterocycles. The fourth-order valence-corrected chi connectivity index (χ4v) is 3.60. The molecule has 0 bridgehead atoms. The highest BCUT2D eigenvalue weighted by Gasteiger charge is 2.40. The minimum Gasteiger partial charge on any atom is -0.508 e. The second-order valence-corrected chi connectivity index (χ2v) is 8.11. The molecule has 1 aliphatic heterocycles. The van der Waals surface area contributed by atoms with Crippen molar-refractivity contribution in [2.24, 2.45) is 0 Å². The molecule has 0 unspecified atom stereocenters. The SMILES string of the molecule is CC(C)=CCC/C(C)=C/Cc1c(O)cc(O)c2c1O[C@H](c1ccc(O)cc1)[C@@H](O)C2=O. The van der Waals surface area contributed by atoms with Gasteiger partial charge in [-0.2, -0.15) is 0 Å². The molecule has 1 aliphatic rings. The first-order chi connectivity index (χ1) is 14.7. The maximum atomic E-state index is 12.9. The van der Waals surface area contributed by atoms with Gasteiger partial charge in [0.1, 0.15) is 28.6 Å². The number of ketones is 1. The second-order valence-electron chi connectivity index (χ2n) is 8.11. The number of carbonyl (C=O) groups excluding carboxylic acids is 1. The third-order valence-corrected chi connectivity index (χ3v) is 5.35. The fraction of sp³-hybridized carbons (Fsp3) is 0.320. The van der Waals surface area contributed by atoms with E-state index in [9.17, 15) is 25.2 Å². The molecule has 1 heterocycles. The summed E-state index contributed by atoms with van der Waals surface area (Å²) >= 11 is 0. The van der Waals surface area contributed by atoms with Crippen molar-refractivity contribution < 1.29 is 30.0 Å². The monoisotopic (exact) mass is 424 g/mol. The Morgan fingerprint density at radius 1 is 1.03 bits per heavy atom. The molecule has 4 N–H and O–H groups in total. The van der Waals surface area contributed by atoms with Crippen LogP contribution in [0.5, 0.6) is 23.0 Å². The normalized spacial score (nSPS) is 18.3. The van der Waals surface area contributed by atoms with E-state index in [1.54, 1.807) is 12.1 Å². The summed E-state index contributed by atoms with van der Waals surface area (Å²) in [4.78, 5) is 12.9. The van der Waals surface area contributed by atoms with Gasteiger partial charge in [0.2, 0.25) is 5.78 Å². The van der Waals surface area contributed by atoms with Crippen LogP contribution in [-0.2, 0) is 6.42 Å². The van der Waals surface area contributed by atoms with Crippen LogP contribution >= 0.6 is 0 Å². The molecular weight excluding hydrogens is 396 g/mol. The van der Waals surface area contributed by atoms with Crippen LogP contribution in [0.1, 0.15) is 61.2 Å². The van der Waals surface area contributed by atoms with Gasteiger partial charge in [-0.15, -0.1) is 0 Å². The number of aliphatic hydroxyl groups excluding tert-OH is 1. The van der Waals surface area contributed by atoms with Gasteiger partial charge in [0.25, 0.3) is 0 Å². The van der Waals surface area contributed by atoms with Crippen molar-refractivity contribution >= 4 is 5.78 Å². The van der Waals surface area contributed by atoms with Crippen molar-refractivity contribution in [1.82, 2.24) is 0 Å². The number of aromatic hydroxyl groups is 3.